The second-order valence-electron chi connectivity index (χ2n) is 4.76. The maximum absolute atomic E-state index is 13.6. The van der Waals surface area contributed by atoms with Crippen molar-refractivity contribution in [1.29, 1.82) is 0 Å². The molecule has 0 amide bonds. The van der Waals surface area contributed by atoms with Crippen LogP contribution in [-0.4, -0.2) is 19.3 Å². The fourth-order valence-corrected chi connectivity index (χ4v) is 2.84. The third-order valence-corrected chi connectivity index (χ3v) is 4.03. The van der Waals surface area contributed by atoms with Gasteiger partial charge in [0.1, 0.15) is 5.82 Å². The zero-order chi connectivity index (χ0) is 13.0. The van der Waals surface area contributed by atoms with Crippen molar-refractivity contribution < 1.29 is 9.13 Å². The maximum atomic E-state index is 13.6. The molecule has 100 valence electrons. The van der Waals surface area contributed by atoms with Crippen LogP contribution in [-0.2, 0) is 11.3 Å². The molecule has 2 unspecified atom stereocenters. The molecule has 1 aliphatic heterocycles. The van der Waals surface area contributed by atoms with Gasteiger partial charge in [-0.1, -0.05) is 22.9 Å². The molecule has 1 aromatic carbocycles. The standard InChI is InChI=1S/C14H19BrFNO/c1-2-14(10-5-6-18-9-10)17-8-11-7-12(15)3-4-13(11)16/h3-4,7,10,14,17H,2,5-6,8-9H2,1H3. The molecule has 2 atom stereocenters. The fourth-order valence-electron chi connectivity index (χ4n) is 2.43. The Morgan fingerprint density at radius 1 is 1.56 bits per heavy atom. The Bertz CT molecular complexity index is 393. The van der Waals surface area contributed by atoms with Crippen LogP contribution in [0.25, 0.3) is 0 Å². The third kappa shape index (κ3) is 3.53. The Morgan fingerprint density at radius 3 is 3.06 bits per heavy atom. The minimum atomic E-state index is -0.150. The smallest absolute Gasteiger partial charge is 0.127 e. The molecule has 1 aliphatic rings. The molecule has 1 saturated heterocycles. The number of nitrogens with one attached hydrogen (secondary N) is 1. The van der Waals surface area contributed by atoms with Gasteiger partial charge in [0.2, 0.25) is 0 Å². The monoisotopic (exact) mass is 315 g/mol. The van der Waals surface area contributed by atoms with E-state index in [4.69, 9.17) is 4.74 Å². The van der Waals surface area contributed by atoms with Gasteiger partial charge in [-0.2, -0.15) is 0 Å². The summed E-state index contributed by atoms with van der Waals surface area (Å²) in [6, 6.07) is 5.47. The molecule has 0 radical (unpaired) electrons. The van der Waals surface area contributed by atoms with Crippen molar-refractivity contribution in [3.8, 4) is 0 Å². The van der Waals surface area contributed by atoms with Crippen LogP contribution in [0.2, 0.25) is 0 Å². The van der Waals surface area contributed by atoms with Gasteiger partial charge in [-0.15, -0.1) is 0 Å². The lowest BCUT2D eigenvalue weighted by Crippen LogP contribution is -2.35. The van der Waals surface area contributed by atoms with E-state index in [1.54, 1.807) is 6.07 Å². The van der Waals surface area contributed by atoms with E-state index in [1.165, 1.54) is 6.07 Å². The number of ether oxygens (including phenoxy) is 1. The largest absolute Gasteiger partial charge is 0.381 e. The van der Waals surface area contributed by atoms with Crippen LogP contribution in [0.3, 0.4) is 0 Å². The predicted octanol–water partition coefficient (Wildman–Crippen LogP) is 3.49. The molecule has 1 fully saturated rings. The van der Waals surface area contributed by atoms with Gasteiger partial charge in [0, 0.05) is 29.2 Å². The molecular weight excluding hydrogens is 297 g/mol. The van der Waals surface area contributed by atoms with E-state index in [9.17, 15) is 4.39 Å². The molecule has 0 bridgehead atoms. The van der Waals surface area contributed by atoms with Crippen LogP contribution in [0.15, 0.2) is 22.7 Å². The van der Waals surface area contributed by atoms with Crippen LogP contribution in [0.4, 0.5) is 4.39 Å². The molecule has 0 saturated carbocycles. The molecule has 4 heteroatoms. The number of hydrogen-bond acceptors (Lipinski definition) is 2. The highest BCUT2D eigenvalue weighted by atomic mass is 79.9. The molecule has 0 aromatic heterocycles. The zero-order valence-electron chi connectivity index (χ0n) is 10.6. The molecule has 1 heterocycles. The molecule has 1 N–H and O–H groups in total. The average molecular weight is 316 g/mol. The summed E-state index contributed by atoms with van der Waals surface area (Å²) in [5, 5.41) is 3.45. The van der Waals surface area contributed by atoms with Gasteiger partial charge >= 0.3 is 0 Å². The van der Waals surface area contributed by atoms with Crippen molar-refractivity contribution in [2.75, 3.05) is 13.2 Å². The quantitative estimate of drug-likeness (QED) is 0.898. The lowest BCUT2D eigenvalue weighted by Gasteiger charge is -2.22. The number of rotatable bonds is 5. The normalized spacial score (nSPS) is 21.2. The van der Waals surface area contributed by atoms with E-state index >= 15 is 0 Å². The summed E-state index contributed by atoms with van der Waals surface area (Å²) in [4.78, 5) is 0. The highest BCUT2D eigenvalue weighted by molar-refractivity contribution is 9.10. The SMILES string of the molecule is CCC(NCc1cc(Br)ccc1F)C1CCOC1. The van der Waals surface area contributed by atoms with Gasteiger partial charge in [-0.3, -0.25) is 0 Å². The van der Waals surface area contributed by atoms with Crippen molar-refractivity contribution in [2.24, 2.45) is 5.92 Å². The molecule has 0 aliphatic carbocycles. The van der Waals surface area contributed by atoms with Crippen LogP contribution < -0.4 is 5.32 Å². The highest BCUT2D eigenvalue weighted by Crippen LogP contribution is 2.20. The Morgan fingerprint density at radius 2 is 2.39 bits per heavy atom. The second-order valence-corrected chi connectivity index (χ2v) is 5.67. The third-order valence-electron chi connectivity index (χ3n) is 3.54. The van der Waals surface area contributed by atoms with Gasteiger partial charge in [-0.05, 0) is 37.0 Å². The van der Waals surface area contributed by atoms with E-state index in [-0.39, 0.29) is 5.82 Å². The average Bonchev–Trinajstić information content (AvgIpc) is 2.88. The van der Waals surface area contributed by atoms with Crippen molar-refractivity contribution in [1.82, 2.24) is 5.32 Å². The Hall–Kier alpha value is -0.450. The molecule has 0 spiro atoms. The van der Waals surface area contributed by atoms with E-state index < -0.39 is 0 Å². The number of halogens is 2. The van der Waals surface area contributed by atoms with E-state index in [2.05, 4.69) is 28.2 Å². The lowest BCUT2D eigenvalue weighted by atomic mass is 9.96. The van der Waals surface area contributed by atoms with Gasteiger partial charge in [0.05, 0.1) is 6.61 Å². The molecule has 1 aromatic rings. The van der Waals surface area contributed by atoms with Gasteiger partial charge < -0.3 is 10.1 Å². The summed E-state index contributed by atoms with van der Waals surface area (Å²) >= 11 is 3.37. The maximum Gasteiger partial charge on any atom is 0.127 e. The zero-order valence-corrected chi connectivity index (χ0v) is 12.2. The second kappa shape index (κ2) is 6.64. The van der Waals surface area contributed by atoms with Crippen LogP contribution >= 0.6 is 15.9 Å². The molecule has 2 nitrogen and oxygen atoms in total. The van der Waals surface area contributed by atoms with Crippen molar-refractivity contribution in [2.45, 2.75) is 32.4 Å². The summed E-state index contributed by atoms with van der Waals surface area (Å²) in [7, 11) is 0. The van der Waals surface area contributed by atoms with Gasteiger partial charge in [0.25, 0.3) is 0 Å². The first kappa shape index (κ1) is 14.0. The molecule has 2 rings (SSSR count). The van der Waals surface area contributed by atoms with Crippen LogP contribution in [0, 0.1) is 11.7 Å². The number of hydrogen-bond donors (Lipinski definition) is 1. The van der Waals surface area contributed by atoms with Crippen molar-refractivity contribution in [3.63, 3.8) is 0 Å². The highest BCUT2D eigenvalue weighted by Gasteiger charge is 2.24. The first-order chi connectivity index (χ1) is 8.70. The van der Waals surface area contributed by atoms with Crippen molar-refractivity contribution >= 4 is 15.9 Å². The summed E-state index contributed by atoms with van der Waals surface area (Å²) in [6.45, 7) is 4.41. The predicted molar refractivity (Wildman–Crippen MR) is 73.9 cm³/mol. The Kier molecular flexibility index (Phi) is 5.15. The number of benzene rings is 1. The fraction of sp³-hybridized carbons (Fsp3) is 0.571. The summed E-state index contributed by atoms with van der Waals surface area (Å²) < 4.78 is 19.9. The summed E-state index contributed by atoms with van der Waals surface area (Å²) in [5.41, 5.74) is 0.710. The van der Waals surface area contributed by atoms with E-state index in [1.807, 2.05) is 6.07 Å². The minimum absolute atomic E-state index is 0.150. The minimum Gasteiger partial charge on any atom is -0.381 e. The van der Waals surface area contributed by atoms with Crippen LogP contribution in [0.1, 0.15) is 25.3 Å². The first-order valence-electron chi connectivity index (χ1n) is 6.45. The van der Waals surface area contributed by atoms with Gasteiger partial charge in [-0.25, -0.2) is 4.39 Å². The summed E-state index contributed by atoms with van der Waals surface area (Å²) in [6.07, 6.45) is 2.15. The first-order valence-corrected chi connectivity index (χ1v) is 7.25. The van der Waals surface area contributed by atoms with E-state index in [0.29, 0.717) is 24.1 Å². The van der Waals surface area contributed by atoms with E-state index in [0.717, 1.165) is 30.5 Å². The Labute approximate surface area is 116 Å². The topological polar surface area (TPSA) is 21.3 Å². The Balaban J connectivity index is 1.94. The lowest BCUT2D eigenvalue weighted by molar-refractivity contribution is 0.175. The molecule has 18 heavy (non-hydrogen) atoms. The van der Waals surface area contributed by atoms with Gasteiger partial charge in [0.15, 0.2) is 0 Å². The molecular formula is C14H19BrFNO. The summed E-state index contributed by atoms with van der Waals surface area (Å²) in [5.74, 6) is 0.411. The van der Waals surface area contributed by atoms with Crippen molar-refractivity contribution in [3.05, 3.63) is 34.1 Å². The van der Waals surface area contributed by atoms with Crippen LogP contribution in [0.5, 0.6) is 0 Å².